The number of anilines is 1. The van der Waals surface area contributed by atoms with Crippen LogP contribution in [0.4, 0.5) is 5.82 Å². The van der Waals surface area contributed by atoms with Gasteiger partial charge in [0.2, 0.25) is 5.75 Å². The zero-order valence-corrected chi connectivity index (χ0v) is 23.0. The van der Waals surface area contributed by atoms with Gasteiger partial charge in [0.25, 0.3) is 15.6 Å². The maximum Gasteiger partial charge on any atom is 0.296 e. The summed E-state index contributed by atoms with van der Waals surface area (Å²) in [6, 6.07) is 14.7. The molecule has 2 aromatic carbocycles. The van der Waals surface area contributed by atoms with Crippen molar-refractivity contribution < 1.29 is 17.9 Å². The third-order valence-electron chi connectivity index (χ3n) is 5.20. The lowest BCUT2D eigenvalue weighted by Crippen LogP contribution is -2.20. The largest absolute Gasteiger partial charge is 0.493 e. The molecular weight excluding hydrogens is 506 g/mol. The molecule has 0 aliphatic rings. The minimum absolute atomic E-state index is 0.00154. The van der Waals surface area contributed by atoms with E-state index in [4.69, 9.17) is 9.47 Å². The average molecular weight is 538 g/mol. The van der Waals surface area contributed by atoms with Gasteiger partial charge in [-0.2, -0.15) is 0 Å². The second-order valence-corrected chi connectivity index (χ2v) is 10.5. The maximum absolute atomic E-state index is 13.3. The SMILES string of the molecule is CC.COc1ccccc1Oc1c(NS(=O)(=O)c2ccc(C(C)(C)C)cc2)nc(-c2ncccn2)[nH]c1=O. The van der Waals surface area contributed by atoms with Crippen molar-refractivity contribution in [3.05, 3.63) is 82.9 Å². The first-order valence-corrected chi connectivity index (χ1v) is 13.4. The van der Waals surface area contributed by atoms with E-state index in [1.807, 2.05) is 34.6 Å². The summed E-state index contributed by atoms with van der Waals surface area (Å²) in [5.41, 5.74) is 0.0863. The van der Waals surface area contributed by atoms with Gasteiger partial charge in [0.05, 0.1) is 12.0 Å². The van der Waals surface area contributed by atoms with Crippen molar-refractivity contribution in [3.8, 4) is 28.9 Å². The highest BCUT2D eigenvalue weighted by Crippen LogP contribution is 2.33. The number of nitrogens with zero attached hydrogens (tertiary/aromatic N) is 3. The molecule has 0 spiro atoms. The van der Waals surface area contributed by atoms with Gasteiger partial charge < -0.3 is 14.5 Å². The maximum atomic E-state index is 13.3. The number of rotatable bonds is 7. The molecule has 0 bridgehead atoms. The van der Waals surface area contributed by atoms with Gasteiger partial charge in [-0.1, -0.05) is 58.9 Å². The Bertz CT molecular complexity index is 1530. The summed E-state index contributed by atoms with van der Waals surface area (Å²) in [7, 11) is -2.69. The van der Waals surface area contributed by atoms with Crippen LogP contribution in [-0.4, -0.2) is 35.5 Å². The predicted octanol–water partition coefficient (Wildman–Crippen LogP) is 5.15. The van der Waals surface area contributed by atoms with Gasteiger partial charge in [-0.05, 0) is 41.3 Å². The molecule has 0 amide bonds. The first-order chi connectivity index (χ1) is 18.1. The lowest BCUT2D eigenvalue weighted by atomic mass is 9.87. The minimum atomic E-state index is -4.14. The standard InChI is InChI=1S/C25H25N5O5S.C2H6/c1-25(2,3)16-10-12-17(13-11-16)36(32,33)30-21-20(35-19-9-6-5-8-18(19)34-4)24(31)29-23(28-21)22-26-14-7-15-27-22;1-2/h5-15H,1-4H3,(H2,28,29,30,31);1-2H3. The predicted molar refractivity (Wildman–Crippen MR) is 146 cm³/mol. The van der Waals surface area contributed by atoms with Crippen LogP contribution in [0, 0.1) is 0 Å². The molecule has 0 saturated heterocycles. The van der Waals surface area contributed by atoms with Crippen molar-refractivity contribution in [2.24, 2.45) is 0 Å². The van der Waals surface area contributed by atoms with Gasteiger partial charge in [0, 0.05) is 12.4 Å². The van der Waals surface area contributed by atoms with Crippen molar-refractivity contribution >= 4 is 15.8 Å². The molecule has 38 heavy (non-hydrogen) atoms. The van der Waals surface area contributed by atoms with Crippen LogP contribution in [0.5, 0.6) is 17.2 Å². The summed E-state index contributed by atoms with van der Waals surface area (Å²) in [5, 5.41) is 0. The molecule has 0 aliphatic heterocycles. The molecule has 200 valence electrons. The molecule has 2 aromatic heterocycles. The number of nitrogens with one attached hydrogen (secondary N) is 2. The average Bonchev–Trinajstić information content (AvgIpc) is 2.91. The third kappa shape index (κ3) is 6.54. The highest BCUT2D eigenvalue weighted by Gasteiger charge is 2.24. The highest BCUT2D eigenvalue weighted by atomic mass is 32.2. The fourth-order valence-corrected chi connectivity index (χ4v) is 4.29. The summed E-state index contributed by atoms with van der Waals surface area (Å²) in [6.45, 7) is 10.1. The molecule has 0 saturated carbocycles. The number of benzene rings is 2. The smallest absolute Gasteiger partial charge is 0.296 e. The number of aromatic nitrogens is 4. The molecule has 0 radical (unpaired) electrons. The van der Waals surface area contributed by atoms with Crippen LogP contribution in [0.1, 0.15) is 40.2 Å². The van der Waals surface area contributed by atoms with Gasteiger partial charge in [-0.15, -0.1) is 0 Å². The molecule has 4 rings (SSSR count). The summed E-state index contributed by atoms with van der Waals surface area (Å²) in [4.78, 5) is 28.1. The minimum Gasteiger partial charge on any atom is -0.493 e. The quantitative estimate of drug-likeness (QED) is 0.330. The Kier molecular flexibility index (Phi) is 8.84. The van der Waals surface area contributed by atoms with Gasteiger partial charge in [-0.25, -0.2) is 23.4 Å². The molecule has 4 aromatic rings. The second kappa shape index (κ2) is 11.9. The van der Waals surface area contributed by atoms with E-state index < -0.39 is 15.6 Å². The van der Waals surface area contributed by atoms with Crippen LogP contribution in [0.3, 0.4) is 0 Å². The Balaban J connectivity index is 0.00000195. The number of hydrogen-bond donors (Lipinski definition) is 2. The zero-order valence-electron chi connectivity index (χ0n) is 22.1. The van der Waals surface area contributed by atoms with Gasteiger partial charge >= 0.3 is 0 Å². The molecule has 0 fully saturated rings. The Hall–Kier alpha value is -4.25. The van der Waals surface area contributed by atoms with Crippen LogP contribution >= 0.6 is 0 Å². The number of sulfonamides is 1. The second-order valence-electron chi connectivity index (χ2n) is 8.80. The number of ether oxygens (including phenoxy) is 2. The third-order valence-corrected chi connectivity index (χ3v) is 6.55. The van der Waals surface area contributed by atoms with Crippen LogP contribution in [-0.2, 0) is 15.4 Å². The Morgan fingerprint density at radius 1 is 0.895 bits per heavy atom. The fraction of sp³-hybridized carbons (Fsp3) is 0.259. The van der Waals surface area contributed by atoms with Crippen molar-refractivity contribution in [2.45, 2.75) is 44.9 Å². The monoisotopic (exact) mass is 537 g/mol. The van der Waals surface area contributed by atoms with Crippen molar-refractivity contribution in [1.29, 1.82) is 0 Å². The molecule has 2 N–H and O–H groups in total. The van der Waals surface area contributed by atoms with Crippen LogP contribution < -0.4 is 19.8 Å². The summed E-state index contributed by atoms with van der Waals surface area (Å²) in [5.74, 6) is -0.0758. The molecule has 10 nitrogen and oxygen atoms in total. The van der Waals surface area contributed by atoms with E-state index in [1.165, 1.54) is 31.6 Å². The number of para-hydroxylation sites is 2. The van der Waals surface area contributed by atoms with Crippen LogP contribution in [0.25, 0.3) is 11.6 Å². The fourth-order valence-electron chi connectivity index (χ4n) is 3.29. The van der Waals surface area contributed by atoms with E-state index in [-0.39, 0.29) is 39.3 Å². The Labute approximate surface area is 222 Å². The zero-order chi connectivity index (χ0) is 27.9. The van der Waals surface area contributed by atoms with Crippen molar-refractivity contribution in [1.82, 2.24) is 19.9 Å². The van der Waals surface area contributed by atoms with Crippen LogP contribution in [0.15, 0.2) is 76.7 Å². The molecule has 11 heteroatoms. The van der Waals surface area contributed by atoms with E-state index >= 15 is 0 Å². The highest BCUT2D eigenvalue weighted by molar-refractivity contribution is 7.92. The van der Waals surface area contributed by atoms with E-state index in [0.717, 1.165) is 5.56 Å². The van der Waals surface area contributed by atoms with E-state index in [2.05, 4.69) is 24.7 Å². The Morgan fingerprint density at radius 2 is 1.50 bits per heavy atom. The van der Waals surface area contributed by atoms with Gasteiger partial charge in [-0.3, -0.25) is 9.52 Å². The molecule has 2 heterocycles. The van der Waals surface area contributed by atoms with E-state index in [9.17, 15) is 13.2 Å². The van der Waals surface area contributed by atoms with E-state index in [0.29, 0.717) is 5.75 Å². The number of methoxy groups -OCH3 is 1. The summed E-state index contributed by atoms with van der Waals surface area (Å²) >= 11 is 0. The Morgan fingerprint density at radius 3 is 2.08 bits per heavy atom. The van der Waals surface area contributed by atoms with E-state index in [1.54, 1.807) is 42.5 Å². The summed E-state index contributed by atoms with van der Waals surface area (Å²) in [6.07, 6.45) is 2.95. The molecular formula is C27H31N5O5S. The van der Waals surface area contributed by atoms with Gasteiger partial charge in [0.1, 0.15) is 0 Å². The number of hydrogen-bond acceptors (Lipinski definition) is 8. The molecule has 0 aliphatic carbocycles. The van der Waals surface area contributed by atoms with Crippen LogP contribution in [0.2, 0.25) is 0 Å². The van der Waals surface area contributed by atoms with Gasteiger partial charge in [0.15, 0.2) is 29.0 Å². The molecule has 0 atom stereocenters. The van der Waals surface area contributed by atoms with Crippen molar-refractivity contribution in [2.75, 3.05) is 11.8 Å². The first kappa shape index (κ1) is 28.3. The van der Waals surface area contributed by atoms with Crippen molar-refractivity contribution in [3.63, 3.8) is 0 Å². The number of H-pyrrole nitrogens is 1. The topological polar surface area (TPSA) is 136 Å². The normalized spacial score (nSPS) is 11.2. The lowest BCUT2D eigenvalue weighted by molar-refractivity contribution is 0.377. The molecule has 0 unspecified atom stereocenters. The number of aromatic amines is 1. The first-order valence-electron chi connectivity index (χ1n) is 11.9. The summed E-state index contributed by atoms with van der Waals surface area (Å²) < 4.78 is 40.0. The lowest BCUT2D eigenvalue weighted by Gasteiger charge is -2.19.